The van der Waals surface area contributed by atoms with Gasteiger partial charge in [0.05, 0.1) is 12.3 Å². The molecular weight excluding hydrogens is 210 g/mol. The maximum absolute atomic E-state index is 5.18. The molecule has 2 nitrogen and oxygen atoms in total. The van der Waals surface area contributed by atoms with E-state index in [0.29, 0.717) is 6.61 Å². The van der Waals surface area contributed by atoms with Crippen molar-refractivity contribution in [2.45, 2.75) is 6.61 Å². The molecule has 1 aromatic carbocycles. The van der Waals surface area contributed by atoms with Crippen LogP contribution in [0.3, 0.4) is 0 Å². The second-order valence-corrected chi connectivity index (χ2v) is 3.77. The number of methoxy groups -OCH3 is 1. The second-order valence-electron chi connectivity index (χ2n) is 3.77. The fourth-order valence-electron chi connectivity index (χ4n) is 1.75. The molecule has 2 aromatic rings. The summed E-state index contributed by atoms with van der Waals surface area (Å²) < 4.78 is 5.18. The van der Waals surface area contributed by atoms with Crippen LogP contribution in [0.5, 0.6) is 0 Å². The van der Waals surface area contributed by atoms with E-state index in [1.165, 1.54) is 0 Å². The van der Waals surface area contributed by atoms with Gasteiger partial charge in [-0.3, -0.25) is 4.98 Å². The lowest BCUT2D eigenvalue weighted by Gasteiger charge is -2.07. The lowest BCUT2D eigenvalue weighted by Crippen LogP contribution is -1.94. The normalized spacial score (nSPS) is 10.2. The Bertz CT molecular complexity index is 503. The number of rotatable bonds is 4. The monoisotopic (exact) mass is 225 g/mol. The average molecular weight is 225 g/mol. The molecule has 0 amide bonds. The van der Waals surface area contributed by atoms with Crippen LogP contribution in [0.1, 0.15) is 11.1 Å². The Morgan fingerprint density at radius 3 is 2.65 bits per heavy atom. The van der Waals surface area contributed by atoms with Gasteiger partial charge in [0, 0.05) is 24.4 Å². The number of pyridine rings is 1. The van der Waals surface area contributed by atoms with E-state index in [4.69, 9.17) is 4.74 Å². The van der Waals surface area contributed by atoms with Crippen molar-refractivity contribution in [3.8, 4) is 11.3 Å². The van der Waals surface area contributed by atoms with Crippen LogP contribution in [0.2, 0.25) is 0 Å². The first-order valence-corrected chi connectivity index (χ1v) is 5.51. The van der Waals surface area contributed by atoms with Crippen molar-refractivity contribution < 1.29 is 4.74 Å². The van der Waals surface area contributed by atoms with E-state index < -0.39 is 0 Å². The Morgan fingerprint density at radius 1 is 1.24 bits per heavy atom. The third-order valence-electron chi connectivity index (χ3n) is 2.61. The minimum atomic E-state index is 0.576. The number of benzene rings is 1. The highest BCUT2D eigenvalue weighted by molar-refractivity contribution is 5.64. The molecular formula is C15H15NO. The van der Waals surface area contributed by atoms with Crippen molar-refractivity contribution in [2.75, 3.05) is 7.11 Å². The molecule has 0 N–H and O–H groups in total. The standard InChI is InChI=1S/C15H15NO/c1-3-12-6-8-13(9-7-12)15-14(11-17-2)5-4-10-16-15/h3-10H,1,11H2,2H3. The SMILES string of the molecule is C=Cc1ccc(-c2ncccc2COC)cc1. The topological polar surface area (TPSA) is 22.1 Å². The van der Waals surface area contributed by atoms with Gasteiger partial charge in [0.1, 0.15) is 0 Å². The minimum Gasteiger partial charge on any atom is -0.380 e. The first-order chi connectivity index (χ1) is 8.35. The van der Waals surface area contributed by atoms with E-state index in [2.05, 4.69) is 23.7 Å². The van der Waals surface area contributed by atoms with Crippen molar-refractivity contribution in [2.24, 2.45) is 0 Å². The van der Waals surface area contributed by atoms with Crippen molar-refractivity contribution in [1.82, 2.24) is 4.98 Å². The molecule has 2 heteroatoms. The van der Waals surface area contributed by atoms with Crippen molar-refractivity contribution >= 4 is 6.08 Å². The lowest BCUT2D eigenvalue weighted by atomic mass is 10.0. The zero-order valence-electron chi connectivity index (χ0n) is 9.89. The van der Waals surface area contributed by atoms with Gasteiger partial charge in [-0.25, -0.2) is 0 Å². The minimum absolute atomic E-state index is 0.576. The van der Waals surface area contributed by atoms with Crippen molar-refractivity contribution in [3.05, 3.63) is 60.3 Å². The van der Waals surface area contributed by atoms with Crippen LogP contribution in [0.15, 0.2) is 49.2 Å². The molecule has 0 aliphatic heterocycles. The highest BCUT2D eigenvalue weighted by Crippen LogP contribution is 2.22. The number of hydrogen-bond acceptors (Lipinski definition) is 2. The van der Waals surface area contributed by atoms with E-state index in [-0.39, 0.29) is 0 Å². The molecule has 1 heterocycles. The van der Waals surface area contributed by atoms with Crippen molar-refractivity contribution in [3.63, 3.8) is 0 Å². The van der Waals surface area contributed by atoms with Gasteiger partial charge in [-0.1, -0.05) is 43.0 Å². The second kappa shape index (κ2) is 5.41. The molecule has 1 aromatic heterocycles. The fourth-order valence-corrected chi connectivity index (χ4v) is 1.75. The number of aromatic nitrogens is 1. The molecule has 0 atom stereocenters. The fraction of sp³-hybridized carbons (Fsp3) is 0.133. The molecule has 86 valence electrons. The van der Waals surface area contributed by atoms with Crippen LogP contribution in [0, 0.1) is 0 Å². The Labute approximate surface area is 102 Å². The molecule has 0 bridgehead atoms. The molecule has 0 aliphatic carbocycles. The summed E-state index contributed by atoms with van der Waals surface area (Å²) in [6.07, 6.45) is 3.63. The smallest absolute Gasteiger partial charge is 0.0757 e. The number of ether oxygens (including phenoxy) is 1. The molecule has 0 saturated heterocycles. The van der Waals surface area contributed by atoms with Gasteiger partial charge < -0.3 is 4.74 Å². The third-order valence-corrected chi connectivity index (χ3v) is 2.61. The van der Waals surface area contributed by atoms with Gasteiger partial charge in [0.2, 0.25) is 0 Å². The maximum atomic E-state index is 5.18. The highest BCUT2D eigenvalue weighted by Gasteiger charge is 2.05. The van der Waals surface area contributed by atoms with Gasteiger partial charge in [-0.05, 0) is 11.6 Å². The van der Waals surface area contributed by atoms with Crippen LogP contribution in [-0.4, -0.2) is 12.1 Å². The summed E-state index contributed by atoms with van der Waals surface area (Å²) in [5.41, 5.74) is 4.28. The molecule has 0 fully saturated rings. The predicted octanol–water partition coefficient (Wildman–Crippen LogP) is 3.54. The first kappa shape index (κ1) is 11.6. The summed E-state index contributed by atoms with van der Waals surface area (Å²) in [5, 5.41) is 0. The van der Waals surface area contributed by atoms with E-state index in [1.54, 1.807) is 13.3 Å². The number of hydrogen-bond donors (Lipinski definition) is 0. The third kappa shape index (κ3) is 2.60. The van der Waals surface area contributed by atoms with E-state index in [9.17, 15) is 0 Å². The zero-order chi connectivity index (χ0) is 12.1. The van der Waals surface area contributed by atoms with Gasteiger partial charge >= 0.3 is 0 Å². The Balaban J connectivity index is 2.40. The molecule has 17 heavy (non-hydrogen) atoms. The van der Waals surface area contributed by atoms with Crippen LogP contribution < -0.4 is 0 Å². The average Bonchev–Trinajstić information content (AvgIpc) is 2.40. The first-order valence-electron chi connectivity index (χ1n) is 5.51. The molecule has 0 saturated carbocycles. The summed E-state index contributed by atoms with van der Waals surface area (Å²) in [5.74, 6) is 0. The Kier molecular flexibility index (Phi) is 3.68. The van der Waals surface area contributed by atoms with Crippen LogP contribution in [-0.2, 0) is 11.3 Å². The maximum Gasteiger partial charge on any atom is 0.0757 e. The number of nitrogens with zero attached hydrogens (tertiary/aromatic N) is 1. The summed E-state index contributed by atoms with van der Waals surface area (Å²) >= 11 is 0. The largest absolute Gasteiger partial charge is 0.380 e. The molecule has 0 radical (unpaired) electrons. The van der Waals surface area contributed by atoms with Gasteiger partial charge in [-0.15, -0.1) is 0 Å². The van der Waals surface area contributed by atoms with E-state index in [0.717, 1.165) is 22.4 Å². The summed E-state index contributed by atoms with van der Waals surface area (Å²) in [6, 6.07) is 12.1. The van der Waals surface area contributed by atoms with Gasteiger partial charge in [-0.2, -0.15) is 0 Å². The Hall–Kier alpha value is -1.93. The van der Waals surface area contributed by atoms with E-state index in [1.807, 2.05) is 30.3 Å². The highest BCUT2D eigenvalue weighted by atomic mass is 16.5. The van der Waals surface area contributed by atoms with Gasteiger partial charge in [0.15, 0.2) is 0 Å². The van der Waals surface area contributed by atoms with Crippen LogP contribution in [0.4, 0.5) is 0 Å². The summed E-state index contributed by atoms with van der Waals surface area (Å²) in [7, 11) is 1.69. The molecule has 0 aliphatic rings. The van der Waals surface area contributed by atoms with Crippen molar-refractivity contribution in [1.29, 1.82) is 0 Å². The van der Waals surface area contributed by atoms with E-state index >= 15 is 0 Å². The zero-order valence-corrected chi connectivity index (χ0v) is 9.89. The summed E-state index contributed by atoms with van der Waals surface area (Å²) in [4.78, 5) is 4.42. The van der Waals surface area contributed by atoms with Crippen LogP contribution in [0.25, 0.3) is 17.3 Å². The predicted molar refractivity (Wildman–Crippen MR) is 70.5 cm³/mol. The van der Waals surface area contributed by atoms with Crippen LogP contribution >= 0.6 is 0 Å². The van der Waals surface area contributed by atoms with Gasteiger partial charge in [0.25, 0.3) is 0 Å². The summed E-state index contributed by atoms with van der Waals surface area (Å²) in [6.45, 7) is 4.32. The Morgan fingerprint density at radius 2 is 2.00 bits per heavy atom. The lowest BCUT2D eigenvalue weighted by molar-refractivity contribution is 0.185. The molecule has 0 spiro atoms. The molecule has 2 rings (SSSR count). The molecule has 0 unspecified atom stereocenters. The quantitative estimate of drug-likeness (QED) is 0.794.